The Bertz CT molecular complexity index is 777. The summed E-state index contributed by atoms with van der Waals surface area (Å²) in [5, 5.41) is 11.0. The second kappa shape index (κ2) is 8.65. The first-order valence-electron chi connectivity index (χ1n) is 7.96. The number of halogens is 1. The largest absolute Gasteiger partial charge is 0.493 e. The van der Waals surface area contributed by atoms with Gasteiger partial charge < -0.3 is 4.74 Å². The minimum Gasteiger partial charge on any atom is -0.493 e. The van der Waals surface area contributed by atoms with E-state index in [9.17, 15) is 10.1 Å². The van der Waals surface area contributed by atoms with Gasteiger partial charge in [-0.15, -0.1) is 12.4 Å². The van der Waals surface area contributed by atoms with E-state index in [1.807, 2.05) is 31.3 Å². The Morgan fingerprint density at radius 3 is 2.88 bits per heavy atom. The summed E-state index contributed by atoms with van der Waals surface area (Å²) in [4.78, 5) is 12.8. The molecular weight excluding hydrogens is 340 g/mol. The van der Waals surface area contributed by atoms with Crippen molar-refractivity contribution >= 4 is 24.2 Å². The highest BCUT2D eigenvalue weighted by Gasteiger charge is 2.12. The van der Waals surface area contributed by atoms with Crippen LogP contribution in [0.4, 0.5) is 5.69 Å². The Balaban J connectivity index is 0.00000225. The van der Waals surface area contributed by atoms with Gasteiger partial charge in [0.2, 0.25) is 0 Å². The molecule has 0 unspecified atom stereocenters. The molecule has 0 saturated carbocycles. The van der Waals surface area contributed by atoms with Crippen LogP contribution in [0.15, 0.2) is 48.5 Å². The molecule has 0 aromatic heterocycles. The van der Waals surface area contributed by atoms with Gasteiger partial charge in [-0.25, -0.2) is 0 Å². The SMILES string of the molecule is CN(C/C=C/c1ccccc1[N+](=O)[O-])Cc1ccc2c(c1)CCO2.Cl. The fraction of sp³-hybridized carbons (Fsp3) is 0.263. The summed E-state index contributed by atoms with van der Waals surface area (Å²) in [5.74, 6) is 0.998. The maximum Gasteiger partial charge on any atom is 0.276 e. The van der Waals surface area contributed by atoms with Crippen molar-refractivity contribution in [2.24, 2.45) is 0 Å². The van der Waals surface area contributed by atoms with Crippen LogP contribution in [-0.2, 0) is 13.0 Å². The third-order valence-corrected chi connectivity index (χ3v) is 4.05. The smallest absolute Gasteiger partial charge is 0.276 e. The van der Waals surface area contributed by atoms with E-state index in [0.29, 0.717) is 5.56 Å². The van der Waals surface area contributed by atoms with E-state index in [1.54, 1.807) is 12.1 Å². The van der Waals surface area contributed by atoms with Crippen LogP contribution >= 0.6 is 12.4 Å². The van der Waals surface area contributed by atoms with Gasteiger partial charge in [0.25, 0.3) is 5.69 Å². The Morgan fingerprint density at radius 1 is 1.28 bits per heavy atom. The lowest BCUT2D eigenvalue weighted by molar-refractivity contribution is -0.385. The second-order valence-corrected chi connectivity index (χ2v) is 5.96. The standard InChI is InChI=1S/C19H20N2O3.ClH/c1-20(14-15-8-9-19-17(13-15)10-12-24-19)11-4-6-16-5-2-3-7-18(16)21(22)23;/h2-9,13H,10-12,14H2,1H3;1H/b6-4+;. The van der Waals surface area contributed by atoms with E-state index in [-0.39, 0.29) is 23.0 Å². The van der Waals surface area contributed by atoms with Gasteiger partial charge in [0, 0.05) is 25.6 Å². The molecule has 2 aromatic carbocycles. The monoisotopic (exact) mass is 360 g/mol. The van der Waals surface area contributed by atoms with Crippen LogP contribution in [0.1, 0.15) is 16.7 Å². The zero-order valence-electron chi connectivity index (χ0n) is 14.1. The fourth-order valence-electron chi connectivity index (χ4n) is 2.87. The van der Waals surface area contributed by atoms with E-state index in [4.69, 9.17) is 4.74 Å². The number of nitro benzene ring substituents is 1. The van der Waals surface area contributed by atoms with Crippen LogP contribution in [0.2, 0.25) is 0 Å². The number of rotatable bonds is 6. The zero-order valence-corrected chi connectivity index (χ0v) is 14.9. The number of fused-ring (bicyclic) bond motifs is 1. The number of benzene rings is 2. The third kappa shape index (κ3) is 4.81. The van der Waals surface area contributed by atoms with Crippen molar-refractivity contribution in [1.82, 2.24) is 4.90 Å². The van der Waals surface area contributed by atoms with E-state index in [1.165, 1.54) is 17.2 Å². The Morgan fingerprint density at radius 2 is 2.08 bits per heavy atom. The topological polar surface area (TPSA) is 55.6 Å². The molecule has 0 spiro atoms. The number of hydrogen-bond donors (Lipinski definition) is 0. The molecule has 0 radical (unpaired) electrons. The average molecular weight is 361 g/mol. The van der Waals surface area contributed by atoms with E-state index in [2.05, 4.69) is 17.0 Å². The van der Waals surface area contributed by atoms with Gasteiger partial charge in [0.15, 0.2) is 0 Å². The minimum atomic E-state index is -0.351. The first kappa shape index (κ1) is 19.0. The van der Waals surface area contributed by atoms with E-state index < -0.39 is 0 Å². The normalized spacial score (nSPS) is 12.7. The van der Waals surface area contributed by atoms with Gasteiger partial charge in [-0.1, -0.05) is 36.4 Å². The number of hydrogen-bond acceptors (Lipinski definition) is 4. The summed E-state index contributed by atoms with van der Waals surface area (Å²) in [6.07, 6.45) is 4.74. The lowest BCUT2D eigenvalue weighted by Crippen LogP contribution is -2.17. The number of likely N-dealkylation sites (N-methyl/N-ethyl adjacent to an activating group) is 1. The molecule has 0 atom stereocenters. The molecule has 0 saturated heterocycles. The molecular formula is C19H21ClN2O3. The molecule has 25 heavy (non-hydrogen) atoms. The summed E-state index contributed by atoms with van der Waals surface area (Å²) in [6, 6.07) is 13.1. The summed E-state index contributed by atoms with van der Waals surface area (Å²) < 4.78 is 5.52. The summed E-state index contributed by atoms with van der Waals surface area (Å²) >= 11 is 0. The van der Waals surface area contributed by atoms with Crippen LogP contribution < -0.4 is 4.74 Å². The number of para-hydroxylation sites is 1. The van der Waals surface area contributed by atoms with Gasteiger partial charge in [0.1, 0.15) is 5.75 Å². The molecule has 0 amide bonds. The van der Waals surface area contributed by atoms with Crippen molar-refractivity contribution in [3.05, 3.63) is 75.3 Å². The molecule has 6 heteroatoms. The molecule has 0 bridgehead atoms. The average Bonchev–Trinajstić information content (AvgIpc) is 3.03. The predicted molar refractivity (Wildman–Crippen MR) is 101 cm³/mol. The van der Waals surface area contributed by atoms with Crippen LogP contribution in [0.5, 0.6) is 5.75 Å². The zero-order chi connectivity index (χ0) is 16.9. The summed E-state index contributed by atoms with van der Waals surface area (Å²) in [7, 11) is 2.04. The van der Waals surface area contributed by atoms with Gasteiger partial charge >= 0.3 is 0 Å². The molecule has 0 aliphatic carbocycles. The third-order valence-electron chi connectivity index (χ3n) is 4.05. The molecule has 3 rings (SSSR count). The highest BCUT2D eigenvalue weighted by Crippen LogP contribution is 2.26. The fourth-order valence-corrected chi connectivity index (χ4v) is 2.87. The minimum absolute atomic E-state index is 0. The maximum absolute atomic E-state index is 11.0. The highest BCUT2D eigenvalue weighted by atomic mass is 35.5. The van der Waals surface area contributed by atoms with Crippen molar-refractivity contribution in [1.29, 1.82) is 0 Å². The van der Waals surface area contributed by atoms with Crippen LogP contribution in [-0.4, -0.2) is 30.0 Å². The van der Waals surface area contributed by atoms with Gasteiger partial charge in [0.05, 0.1) is 17.1 Å². The molecule has 1 aliphatic rings. The molecule has 132 valence electrons. The Labute approximate surface area is 153 Å². The summed E-state index contributed by atoms with van der Waals surface area (Å²) in [5.41, 5.74) is 3.29. The molecule has 2 aromatic rings. The molecule has 5 nitrogen and oxygen atoms in total. The van der Waals surface area contributed by atoms with Crippen molar-refractivity contribution in [2.45, 2.75) is 13.0 Å². The van der Waals surface area contributed by atoms with Crippen molar-refractivity contribution in [3.63, 3.8) is 0 Å². The van der Waals surface area contributed by atoms with Gasteiger partial charge in [-0.3, -0.25) is 15.0 Å². The first-order chi connectivity index (χ1) is 11.6. The van der Waals surface area contributed by atoms with Crippen LogP contribution in [0.3, 0.4) is 0 Å². The lowest BCUT2D eigenvalue weighted by Gasteiger charge is -2.15. The number of nitro groups is 1. The lowest BCUT2D eigenvalue weighted by atomic mass is 10.1. The van der Waals surface area contributed by atoms with Gasteiger partial charge in [-0.2, -0.15) is 0 Å². The number of nitrogens with zero attached hydrogens (tertiary/aromatic N) is 2. The molecule has 0 fully saturated rings. The first-order valence-corrected chi connectivity index (χ1v) is 7.96. The van der Waals surface area contributed by atoms with E-state index >= 15 is 0 Å². The molecule has 0 N–H and O–H groups in total. The van der Waals surface area contributed by atoms with Crippen molar-refractivity contribution in [3.8, 4) is 5.75 Å². The van der Waals surface area contributed by atoms with Crippen LogP contribution in [0, 0.1) is 10.1 Å². The molecule has 1 aliphatic heterocycles. The second-order valence-electron chi connectivity index (χ2n) is 5.96. The Hall–Kier alpha value is -2.37. The Kier molecular flexibility index (Phi) is 6.56. The van der Waals surface area contributed by atoms with Crippen molar-refractivity contribution < 1.29 is 9.66 Å². The summed E-state index contributed by atoms with van der Waals surface area (Å²) in [6.45, 7) is 2.32. The van der Waals surface area contributed by atoms with Crippen molar-refractivity contribution in [2.75, 3.05) is 20.2 Å². The molecule has 1 heterocycles. The van der Waals surface area contributed by atoms with Crippen LogP contribution in [0.25, 0.3) is 6.08 Å². The van der Waals surface area contributed by atoms with Gasteiger partial charge in [-0.05, 0) is 30.3 Å². The van der Waals surface area contributed by atoms with E-state index in [0.717, 1.165) is 31.9 Å². The highest BCUT2D eigenvalue weighted by molar-refractivity contribution is 5.85. The maximum atomic E-state index is 11.0. The quantitative estimate of drug-likeness (QED) is 0.575. The predicted octanol–water partition coefficient (Wildman–Crippen LogP) is 4.10. The number of ether oxygens (including phenoxy) is 1.